The highest BCUT2D eigenvalue weighted by Gasteiger charge is 2.42. The topological polar surface area (TPSA) is 100 Å². The van der Waals surface area contributed by atoms with Crippen LogP contribution in [0.1, 0.15) is 58.2 Å². The Kier molecular flexibility index (Phi) is 10.4. The lowest BCUT2D eigenvalue weighted by atomic mass is 9.77. The van der Waals surface area contributed by atoms with Crippen molar-refractivity contribution in [3.05, 3.63) is 214 Å². The van der Waals surface area contributed by atoms with Crippen molar-refractivity contribution in [3.63, 3.8) is 0 Å². The monoisotopic (exact) mass is 735 g/mol. The largest absolute Gasteiger partial charge is 0.346 e. The van der Waals surface area contributed by atoms with Gasteiger partial charge in [0.25, 0.3) is 0 Å². The molecule has 2 heterocycles. The van der Waals surface area contributed by atoms with Crippen LogP contribution in [0.3, 0.4) is 0 Å². The molecular weight excluding hydrogens is 695 g/mol. The van der Waals surface area contributed by atoms with Gasteiger partial charge in [0.05, 0.1) is 6.54 Å². The second kappa shape index (κ2) is 16.2. The fraction of sp³-hybridized carbons (Fsp3) is 0.149. The van der Waals surface area contributed by atoms with Gasteiger partial charge in [-0.05, 0) is 50.2 Å². The summed E-state index contributed by atoms with van der Waals surface area (Å²) in [7, 11) is 0. The minimum atomic E-state index is -0.890. The molecule has 0 saturated heterocycles. The standard InChI is InChI=1S/C47H41N7O2/c1-2-3-28-44-49-53(34-43(55)37-18-8-4-9-19-37)46(56)52(44)33-35-29-31-36(32-30-35)41-26-16-17-27-42(41)45-48-50-51-54(45)47(38-20-10-5-11-21-38,39-22-12-6-13-23-39)40-24-14-7-15-25-40/h4-27,29-32H,2-3,28,33-34H2,1H3. The third kappa shape index (κ3) is 6.91. The predicted octanol–water partition coefficient (Wildman–Crippen LogP) is 8.48. The van der Waals surface area contributed by atoms with Crippen molar-refractivity contribution in [2.24, 2.45) is 0 Å². The second-order valence-electron chi connectivity index (χ2n) is 13.8. The molecule has 9 heteroatoms. The molecule has 8 rings (SSSR count). The molecule has 8 aromatic rings. The van der Waals surface area contributed by atoms with Gasteiger partial charge in [0.15, 0.2) is 11.6 Å². The van der Waals surface area contributed by atoms with E-state index < -0.39 is 5.54 Å². The molecule has 0 amide bonds. The number of unbranched alkanes of at least 4 members (excludes halogenated alkanes) is 1. The van der Waals surface area contributed by atoms with Gasteiger partial charge in [0, 0.05) is 17.5 Å². The van der Waals surface area contributed by atoms with E-state index in [1.807, 2.05) is 102 Å². The van der Waals surface area contributed by atoms with Crippen LogP contribution >= 0.6 is 0 Å². The zero-order valence-electron chi connectivity index (χ0n) is 31.1. The van der Waals surface area contributed by atoms with Crippen LogP contribution in [-0.2, 0) is 25.0 Å². The van der Waals surface area contributed by atoms with Gasteiger partial charge in [0.1, 0.15) is 17.9 Å². The van der Waals surface area contributed by atoms with E-state index in [1.165, 1.54) is 4.68 Å². The fourth-order valence-corrected chi connectivity index (χ4v) is 7.51. The summed E-state index contributed by atoms with van der Waals surface area (Å²) in [4.78, 5) is 26.7. The summed E-state index contributed by atoms with van der Waals surface area (Å²) in [6.07, 6.45) is 2.50. The minimum absolute atomic E-state index is 0.107. The van der Waals surface area contributed by atoms with Crippen LogP contribution in [0.5, 0.6) is 0 Å². The van der Waals surface area contributed by atoms with Crippen molar-refractivity contribution in [2.45, 2.75) is 44.8 Å². The molecule has 0 unspecified atom stereocenters. The van der Waals surface area contributed by atoms with Gasteiger partial charge in [-0.1, -0.05) is 183 Å². The molecule has 0 N–H and O–H groups in total. The maximum absolute atomic E-state index is 13.7. The van der Waals surface area contributed by atoms with Crippen LogP contribution < -0.4 is 5.69 Å². The molecule has 2 aromatic heterocycles. The number of tetrazole rings is 1. The van der Waals surface area contributed by atoms with Crippen LogP contribution in [0.2, 0.25) is 0 Å². The van der Waals surface area contributed by atoms with E-state index in [-0.39, 0.29) is 18.0 Å². The quantitative estimate of drug-likeness (QED) is 0.0821. The zero-order chi connectivity index (χ0) is 38.3. The molecule has 0 aliphatic heterocycles. The maximum atomic E-state index is 13.7. The van der Waals surface area contributed by atoms with Crippen molar-refractivity contribution >= 4 is 5.78 Å². The summed E-state index contributed by atoms with van der Waals surface area (Å²) in [6.45, 7) is 2.34. The minimum Gasteiger partial charge on any atom is -0.292 e. The van der Waals surface area contributed by atoms with Gasteiger partial charge >= 0.3 is 5.69 Å². The van der Waals surface area contributed by atoms with Gasteiger partial charge < -0.3 is 0 Å². The van der Waals surface area contributed by atoms with Crippen molar-refractivity contribution in [3.8, 4) is 22.5 Å². The molecule has 0 aliphatic carbocycles. The first-order valence-electron chi connectivity index (χ1n) is 19.0. The van der Waals surface area contributed by atoms with Gasteiger partial charge in [-0.3, -0.25) is 9.36 Å². The Bertz CT molecular complexity index is 2500. The average molecular weight is 736 g/mol. The molecule has 0 fully saturated rings. The summed E-state index contributed by atoms with van der Waals surface area (Å²) in [5, 5.41) is 18.4. The van der Waals surface area contributed by atoms with Gasteiger partial charge in [0.2, 0.25) is 0 Å². The number of carbonyl (C=O) groups is 1. The Balaban J connectivity index is 1.17. The van der Waals surface area contributed by atoms with E-state index >= 15 is 0 Å². The SMILES string of the molecule is CCCCc1nn(CC(=O)c2ccccc2)c(=O)n1Cc1ccc(-c2ccccc2-c2nnnn2C(c2ccccc2)(c2ccccc2)c2ccccc2)cc1. The number of carbonyl (C=O) groups excluding carboxylic acids is 1. The number of aryl methyl sites for hydroxylation is 1. The number of benzene rings is 6. The number of hydrogen-bond donors (Lipinski definition) is 0. The molecule has 9 nitrogen and oxygen atoms in total. The van der Waals surface area contributed by atoms with Crippen molar-refractivity contribution in [1.29, 1.82) is 0 Å². The Morgan fingerprint density at radius 2 is 1.18 bits per heavy atom. The Morgan fingerprint density at radius 3 is 1.75 bits per heavy atom. The third-order valence-electron chi connectivity index (χ3n) is 10.3. The Labute approximate surface area is 325 Å². The molecule has 0 aliphatic rings. The van der Waals surface area contributed by atoms with Crippen LogP contribution in [0.25, 0.3) is 22.5 Å². The molecule has 276 valence electrons. The first-order chi connectivity index (χ1) is 27.6. The number of ketones is 1. The Morgan fingerprint density at radius 1 is 0.643 bits per heavy atom. The van der Waals surface area contributed by atoms with Crippen molar-refractivity contribution < 1.29 is 4.79 Å². The molecule has 0 spiro atoms. The zero-order valence-corrected chi connectivity index (χ0v) is 31.1. The second-order valence-corrected chi connectivity index (χ2v) is 13.8. The average Bonchev–Trinajstić information content (AvgIpc) is 3.86. The molecule has 0 saturated carbocycles. The number of hydrogen-bond acceptors (Lipinski definition) is 6. The van der Waals surface area contributed by atoms with E-state index in [1.54, 1.807) is 16.7 Å². The molecule has 56 heavy (non-hydrogen) atoms. The summed E-state index contributed by atoms with van der Waals surface area (Å²) >= 11 is 0. The number of rotatable bonds is 14. The number of aromatic nitrogens is 7. The predicted molar refractivity (Wildman–Crippen MR) is 218 cm³/mol. The highest BCUT2D eigenvalue weighted by atomic mass is 16.2. The summed E-state index contributed by atoms with van der Waals surface area (Å²) in [5.41, 5.74) is 6.20. The summed E-state index contributed by atoms with van der Waals surface area (Å²) < 4.78 is 4.95. The van der Waals surface area contributed by atoms with E-state index in [9.17, 15) is 9.59 Å². The Hall–Kier alpha value is -7.00. The van der Waals surface area contributed by atoms with Crippen LogP contribution in [0, 0.1) is 0 Å². The lowest BCUT2D eigenvalue weighted by molar-refractivity contribution is 0.0966. The summed E-state index contributed by atoms with van der Waals surface area (Å²) in [5.74, 6) is 1.14. The molecular formula is C47H41N7O2. The fourth-order valence-electron chi connectivity index (χ4n) is 7.51. The number of Topliss-reactive ketones (excluding diaryl/α,β-unsaturated/α-hetero) is 1. The third-order valence-corrected chi connectivity index (χ3v) is 10.3. The van der Waals surface area contributed by atoms with Crippen molar-refractivity contribution in [1.82, 2.24) is 34.6 Å². The van der Waals surface area contributed by atoms with E-state index in [4.69, 9.17) is 10.3 Å². The first kappa shape index (κ1) is 36.0. The van der Waals surface area contributed by atoms with Crippen LogP contribution in [-0.4, -0.2) is 40.3 Å². The highest BCUT2D eigenvalue weighted by Crippen LogP contribution is 2.43. The normalized spacial score (nSPS) is 11.4. The van der Waals surface area contributed by atoms with E-state index in [0.29, 0.717) is 30.2 Å². The molecule has 0 radical (unpaired) electrons. The first-order valence-corrected chi connectivity index (χ1v) is 19.0. The van der Waals surface area contributed by atoms with Gasteiger partial charge in [-0.2, -0.15) is 5.10 Å². The van der Waals surface area contributed by atoms with Gasteiger partial charge in [-0.15, -0.1) is 5.10 Å². The van der Waals surface area contributed by atoms with E-state index in [0.717, 1.165) is 51.8 Å². The molecule has 0 bridgehead atoms. The molecule has 0 atom stereocenters. The maximum Gasteiger partial charge on any atom is 0.346 e. The highest BCUT2D eigenvalue weighted by molar-refractivity contribution is 5.95. The van der Waals surface area contributed by atoms with Crippen molar-refractivity contribution in [2.75, 3.05) is 0 Å². The van der Waals surface area contributed by atoms with Crippen LogP contribution in [0.15, 0.2) is 175 Å². The lowest BCUT2D eigenvalue weighted by Crippen LogP contribution is -2.39. The van der Waals surface area contributed by atoms with E-state index in [2.05, 4.69) is 77.9 Å². The lowest BCUT2D eigenvalue weighted by Gasteiger charge is -2.36. The van der Waals surface area contributed by atoms with Crippen LogP contribution in [0.4, 0.5) is 0 Å². The number of nitrogens with zero attached hydrogens (tertiary/aromatic N) is 7. The smallest absolute Gasteiger partial charge is 0.292 e. The molecule has 6 aromatic carbocycles. The summed E-state index contributed by atoms with van der Waals surface area (Å²) in [6, 6.07) is 56.5. The van der Waals surface area contributed by atoms with Gasteiger partial charge in [-0.25, -0.2) is 14.2 Å².